The van der Waals surface area contributed by atoms with E-state index in [9.17, 15) is 14.7 Å². The fraction of sp³-hybridized carbons (Fsp3) is 0.240. The van der Waals surface area contributed by atoms with Crippen LogP contribution >= 0.6 is 11.6 Å². The number of carboxylic acids is 1. The van der Waals surface area contributed by atoms with Crippen LogP contribution in [0, 0.1) is 0 Å². The van der Waals surface area contributed by atoms with Gasteiger partial charge in [-0.1, -0.05) is 41.9 Å². The number of likely N-dealkylation sites (tertiary alicyclic amines) is 1. The average molecular weight is 467 g/mol. The van der Waals surface area contributed by atoms with Crippen LogP contribution in [0.1, 0.15) is 34.8 Å². The zero-order valence-electron chi connectivity index (χ0n) is 18.2. The molecule has 1 fully saturated rings. The summed E-state index contributed by atoms with van der Waals surface area (Å²) in [6.07, 6.45) is 2.53. The van der Waals surface area contributed by atoms with E-state index < -0.39 is 18.1 Å². The van der Waals surface area contributed by atoms with E-state index in [2.05, 4.69) is 4.98 Å². The molecular formula is C25H23ClN2O5. The molecule has 1 aliphatic rings. The number of pyridine rings is 1. The number of halogens is 1. The van der Waals surface area contributed by atoms with Crippen molar-refractivity contribution in [2.75, 3.05) is 14.2 Å². The number of benzene rings is 2. The first-order chi connectivity index (χ1) is 15.9. The van der Waals surface area contributed by atoms with Gasteiger partial charge < -0.3 is 19.5 Å². The van der Waals surface area contributed by atoms with Gasteiger partial charge in [-0.15, -0.1) is 0 Å². The molecule has 7 nitrogen and oxygen atoms in total. The van der Waals surface area contributed by atoms with Crippen LogP contribution in [0.3, 0.4) is 0 Å². The number of carbonyl (C=O) groups is 2. The van der Waals surface area contributed by atoms with Crippen molar-refractivity contribution >= 4 is 23.5 Å². The standard InChI is InChI=1S/C25H23ClN2O5/c1-32-22-13-23(33-2)27-14-18(22)15-7-9-16(10-8-15)24(29)28-20(11-12-21(28)25(30)31)17-5-3-4-6-19(17)26/h3-10,13-14,20-21H,11-12H2,1-2H3,(H,30,31). The Hall–Kier alpha value is -3.58. The second-order valence-electron chi connectivity index (χ2n) is 7.69. The Kier molecular flexibility index (Phi) is 6.51. The summed E-state index contributed by atoms with van der Waals surface area (Å²) in [5.41, 5.74) is 2.69. The molecule has 0 aliphatic carbocycles. The molecule has 33 heavy (non-hydrogen) atoms. The number of nitrogens with zero attached hydrogens (tertiary/aromatic N) is 2. The lowest BCUT2D eigenvalue weighted by atomic mass is 10.0. The van der Waals surface area contributed by atoms with Crippen molar-refractivity contribution in [1.29, 1.82) is 0 Å². The van der Waals surface area contributed by atoms with Crippen molar-refractivity contribution in [3.8, 4) is 22.8 Å². The molecule has 0 radical (unpaired) electrons. The first-order valence-corrected chi connectivity index (χ1v) is 10.8. The molecule has 1 amide bonds. The predicted octanol–water partition coefficient (Wildman–Crippen LogP) is 4.85. The van der Waals surface area contributed by atoms with E-state index in [0.717, 1.165) is 16.7 Å². The van der Waals surface area contributed by atoms with Gasteiger partial charge in [0.05, 0.1) is 20.3 Å². The van der Waals surface area contributed by atoms with Gasteiger partial charge in [0.2, 0.25) is 5.88 Å². The number of rotatable bonds is 6. The van der Waals surface area contributed by atoms with Crippen molar-refractivity contribution < 1.29 is 24.2 Å². The monoisotopic (exact) mass is 466 g/mol. The molecule has 0 spiro atoms. The van der Waals surface area contributed by atoms with Crippen molar-refractivity contribution in [3.05, 3.63) is 76.9 Å². The van der Waals surface area contributed by atoms with Crippen molar-refractivity contribution in [3.63, 3.8) is 0 Å². The second-order valence-corrected chi connectivity index (χ2v) is 8.09. The summed E-state index contributed by atoms with van der Waals surface area (Å²) in [6.45, 7) is 0. The smallest absolute Gasteiger partial charge is 0.326 e. The average Bonchev–Trinajstić information content (AvgIpc) is 3.29. The number of hydrogen-bond acceptors (Lipinski definition) is 5. The lowest BCUT2D eigenvalue weighted by Gasteiger charge is -2.29. The molecule has 3 aromatic rings. The van der Waals surface area contributed by atoms with Crippen LogP contribution in [-0.2, 0) is 4.79 Å². The molecule has 0 bridgehead atoms. The number of carbonyl (C=O) groups excluding carboxylic acids is 1. The highest BCUT2D eigenvalue weighted by molar-refractivity contribution is 6.31. The lowest BCUT2D eigenvalue weighted by molar-refractivity contribution is -0.141. The summed E-state index contributed by atoms with van der Waals surface area (Å²) in [5.74, 6) is -0.355. The van der Waals surface area contributed by atoms with Crippen LogP contribution in [0.2, 0.25) is 5.02 Å². The Morgan fingerprint density at radius 2 is 1.79 bits per heavy atom. The molecule has 2 heterocycles. The molecule has 2 unspecified atom stereocenters. The third-order valence-corrected chi connectivity index (χ3v) is 6.23. The Morgan fingerprint density at radius 1 is 1.06 bits per heavy atom. The molecular weight excluding hydrogens is 444 g/mol. The van der Waals surface area contributed by atoms with Crippen LogP contribution in [0.25, 0.3) is 11.1 Å². The number of aromatic nitrogens is 1. The summed E-state index contributed by atoms with van der Waals surface area (Å²) >= 11 is 6.37. The topological polar surface area (TPSA) is 89.0 Å². The summed E-state index contributed by atoms with van der Waals surface area (Å²) < 4.78 is 10.6. The van der Waals surface area contributed by atoms with Gasteiger partial charge >= 0.3 is 5.97 Å². The third kappa shape index (κ3) is 4.36. The minimum atomic E-state index is -1.02. The minimum absolute atomic E-state index is 0.351. The zero-order chi connectivity index (χ0) is 23.5. The molecule has 1 saturated heterocycles. The fourth-order valence-electron chi connectivity index (χ4n) is 4.25. The highest BCUT2D eigenvalue weighted by atomic mass is 35.5. The van der Waals surface area contributed by atoms with Crippen LogP contribution in [0.5, 0.6) is 11.6 Å². The molecule has 0 saturated carbocycles. The SMILES string of the molecule is COc1cc(OC)c(-c2ccc(C(=O)N3C(C(=O)O)CCC3c3ccccc3Cl)cc2)cn1. The number of hydrogen-bond donors (Lipinski definition) is 1. The van der Waals surface area contributed by atoms with E-state index in [1.54, 1.807) is 49.7 Å². The quantitative estimate of drug-likeness (QED) is 0.558. The molecule has 4 rings (SSSR count). The Labute approximate surface area is 196 Å². The van der Waals surface area contributed by atoms with Gasteiger partial charge in [-0.25, -0.2) is 9.78 Å². The van der Waals surface area contributed by atoms with E-state index in [0.29, 0.717) is 35.1 Å². The highest BCUT2D eigenvalue weighted by Crippen LogP contribution is 2.40. The molecule has 1 aromatic heterocycles. The number of carboxylic acid groups (broad SMARTS) is 1. The largest absolute Gasteiger partial charge is 0.496 e. The maximum atomic E-state index is 13.5. The van der Waals surface area contributed by atoms with Crippen LogP contribution in [-0.4, -0.2) is 47.1 Å². The number of methoxy groups -OCH3 is 2. The van der Waals surface area contributed by atoms with E-state index in [4.69, 9.17) is 21.1 Å². The molecule has 2 atom stereocenters. The first kappa shape index (κ1) is 22.6. The Morgan fingerprint density at radius 3 is 2.42 bits per heavy atom. The summed E-state index contributed by atoms with van der Waals surface area (Å²) in [5, 5.41) is 10.3. The molecule has 8 heteroatoms. The summed E-state index contributed by atoms with van der Waals surface area (Å²) in [7, 11) is 3.09. The van der Waals surface area contributed by atoms with Crippen LogP contribution in [0.4, 0.5) is 0 Å². The fourth-order valence-corrected chi connectivity index (χ4v) is 4.51. The van der Waals surface area contributed by atoms with E-state index in [-0.39, 0.29) is 5.91 Å². The Balaban J connectivity index is 1.66. The number of amides is 1. The number of ether oxygens (including phenoxy) is 2. The van der Waals surface area contributed by atoms with E-state index >= 15 is 0 Å². The van der Waals surface area contributed by atoms with Gasteiger partial charge in [0.25, 0.3) is 5.91 Å². The van der Waals surface area contributed by atoms with Gasteiger partial charge in [0.15, 0.2) is 0 Å². The maximum Gasteiger partial charge on any atom is 0.326 e. The minimum Gasteiger partial charge on any atom is -0.496 e. The van der Waals surface area contributed by atoms with Gasteiger partial charge in [-0.05, 0) is 42.2 Å². The van der Waals surface area contributed by atoms with Crippen LogP contribution < -0.4 is 9.47 Å². The molecule has 170 valence electrons. The third-order valence-electron chi connectivity index (χ3n) is 5.88. The van der Waals surface area contributed by atoms with Gasteiger partial charge in [-0.3, -0.25) is 4.79 Å². The van der Waals surface area contributed by atoms with Crippen LogP contribution in [0.15, 0.2) is 60.8 Å². The van der Waals surface area contributed by atoms with Gasteiger partial charge in [-0.2, -0.15) is 0 Å². The van der Waals surface area contributed by atoms with Gasteiger partial charge in [0.1, 0.15) is 11.8 Å². The second kappa shape index (κ2) is 9.50. The van der Waals surface area contributed by atoms with Crippen molar-refractivity contribution in [2.45, 2.75) is 24.9 Å². The predicted molar refractivity (Wildman–Crippen MR) is 124 cm³/mol. The lowest BCUT2D eigenvalue weighted by Crippen LogP contribution is -2.41. The summed E-state index contributed by atoms with van der Waals surface area (Å²) in [6, 6.07) is 14.5. The Bertz CT molecular complexity index is 1180. The maximum absolute atomic E-state index is 13.5. The van der Waals surface area contributed by atoms with E-state index in [1.165, 1.54) is 12.0 Å². The normalized spacial score (nSPS) is 17.6. The summed E-state index contributed by atoms with van der Waals surface area (Å²) in [4.78, 5) is 31.1. The molecule has 2 aromatic carbocycles. The van der Waals surface area contributed by atoms with Crippen molar-refractivity contribution in [1.82, 2.24) is 9.88 Å². The molecule has 1 aliphatic heterocycles. The van der Waals surface area contributed by atoms with E-state index in [1.807, 2.05) is 18.2 Å². The zero-order valence-corrected chi connectivity index (χ0v) is 19.0. The van der Waals surface area contributed by atoms with Gasteiger partial charge in [0, 0.05) is 28.4 Å². The van der Waals surface area contributed by atoms with Crippen molar-refractivity contribution in [2.24, 2.45) is 0 Å². The highest BCUT2D eigenvalue weighted by Gasteiger charge is 2.42. The molecule has 1 N–H and O–H groups in total. The first-order valence-electron chi connectivity index (χ1n) is 10.4. The number of aliphatic carboxylic acids is 1.